The Hall–Kier alpha value is -1.07. The number of sulfonamides is 1. The Kier molecular flexibility index (Phi) is 6.26. The summed E-state index contributed by atoms with van der Waals surface area (Å²) in [5.41, 5.74) is 1.25. The molecule has 0 amide bonds. The number of benzene rings is 2. The first-order valence-electron chi connectivity index (χ1n) is 6.98. The highest BCUT2D eigenvalue weighted by atomic mass is 35.5. The van der Waals surface area contributed by atoms with Crippen LogP contribution in [0.25, 0.3) is 0 Å². The van der Waals surface area contributed by atoms with E-state index in [1.165, 1.54) is 17.7 Å². The first-order chi connectivity index (χ1) is 10.5. The number of rotatable bonds is 7. The third-order valence-corrected chi connectivity index (χ3v) is 5.39. The van der Waals surface area contributed by atoms with Crippen molar-refractivity contribution in [2.45, 2.75) is 24.2 Å². The maximum atomic E-state index is 12.2. The maximum Gasteiger partial charge on any atom is 0.242 e. The van der Waals surface area contributed by atoms with E-state index in [-0.39, 0.29) is 9.92 Å². The minimum atomic E-state index is -3.62. The van der Waals surface area contributed by atoms with Crippen molar-refractivity contribution in [3.63, 3.8) is 0 Å². The van der Waals surface area contributed by atoms with Crippen LogP contribution in [0.3, 0.4) is 0 Å². The Bertz CT molecular complexity index is 718. The second-order valence-corrected chi connectivity index (χ2v) is 7.49. The van der Waals surface area contributed by atoms with Gasteiger partial charge >= 0.3 is 0 Å². The average molecular weight is 358 g/mol. The lowest BCUT2D eigenvalue weighted by Gasteiger charge is -2.08. The van der Waals surface area contributed by atoms with E-state index in [1.54, 1.807) is 6.07 Å². The Labute approximate surface area is 141 Å². The molecule has 2 rings (SSSR count). The SMILES string of the molecule is O=S(=O)(NCCCCc1ccccc1)c1cc(Cl)ccc1Cl. The fourth-order valence-electron chi connectivity index (χ4n) is 2.07. The summed E-state index contributed by atoms with van der Waals surface area (Å²) in [4.78, 5) is 0.0183. The van der Waals surface area contributed by atoms with Gasteiger partial charge in [-0.25, -0.2) is 13.1 Å². The van der Waals surface area contributed by atoms with Gasteiger partial charge in [-0.2, -0.15) is 0 Å². The Morgan fingerprint density at radius 1 is 0.955 bits per heavy atom. The van der Waals surface area contributed by atoms with Gasteiger partial charge < -0.3 is 0 Å². The molecule has 3 nitrogen and oxygen atoms in total. The minimum absolute atomic E-state index is 0.0183. The van der Waals surface area contributed by atoms with Crippen LogP contribution in [-0.4, -0.2) is 15.0 Å². The summed E-state index contributed by atoms with van der Waals surface area (Å²) in [6.07, 6.45) is 2.60. The molecular weight excluding hydrogens is 341 g/mol. The fourth-order valence-corrected chi connectivity index (χ4v) is 3.90. The molecule has 1 N–H and O–H groups in total. The monoisotopic (exact) mass is 357 g/mol. The van der Waals surface area contributed by atoms with Crippen molar-refractivity contribution in [1.29, 1.82) is 0 Å². The molecule has 0 saturated heterocycles. The van der Waals surface area contributed by atoms with Crippen LogP contribution in [0.5, 0.6) is 0 Å². The lowest BCUT2D eigenvalue weighted by Crippen LogP contribution is -2.25. The lowest BCUT2D eigenvalue weighted by molar-refractivity contribution is 0.577. The zero-order valence-corrected chi connectivity index (χ0v) is 14.3. The van der Waals surface area contributed by atoms with Crippen molar-refractivity contribution in [3.8, 4) is 0 Å². The number of nitrogens with one attached hydrogen (secondary N) is 1. The largest absolute Gasteiger partial charge is 0.242 e. The standard InChI is InChI=1S/C16H17Cl2NO2S/c17-14-9-10-15(18)16(12-14)22(20,21)19-11-5-4-8-13-6-2-1-3-7-13/h1-3,6-7,9-10,12,19H,4-5,8,11H2. The summed E-state index contributed by atoms with van der Waals surface area (Å²) >= 11 is 11.7. The van der Waals surface area contributed by atoms with Gasteiger partial charge in [-0.3, -0.25) is 0 Å². The molecule has 0 saturated carbocycles. The lowest BCUT2D eigenvalue weighted by atomic mass is 10.1. The normalized spacial score (nSPS) is 11.5. The van der Waals surface area contributed by atoms with E-state index in [0.717, 1.165) is 19.3 Å². The second kappa shape index (κ2) is 7.97. The quantitative estimate of drug-likeness (QED) is 0.751. The van der Waals surface area contributed by atoms with Crippen LogP contribution in [0, 0.1) is 0 Å². The third-order valence-electron chi connectivity index (χ3n) is 3.21. The average Bonchev–Trinajstić information content (AvgIpc) is 2.50. The van der Waals surface area contributed by atoms with E-state index < -0.39 is 10.0 Å². The molecular formula is C16H17Cl2NO2S. The Balaban J connectivity index is 1.84. The number of hydrogen-bond donors (Lipinski definition) is 1. The predicted molar refractivity (Wildman–Crippen MR) is 91.0 cm³/mol. The van der Waals surface area contributed by atoms with Crippen molar-refractivity contribution in [1.82, 2.24) is 4.72 Å². The molecule has 2 aromatic carbocycles. The van der Waals surface area contributed by atoms with Crippen molar-refractivity contribution < 1.29 is 8.42 Å². The number of halogens is 2. The molecule has 22 heavy (non-hydrogen) atoms. The highest BCUT2D eigenvalue weighted by molar-refractivity contribution is 7.89. The molecule has 0 atom stereocenters. The predicted octanol–water partition coefficient (Wildman–Crippen LogP) is 4.29. The smallest absolute Gasteiger partial charge is 0.211 e. The molecule has 0 aliphatic heterocycles. The van der Waals surface area contributed by atoms with Crippen molar-refractivity contribution in [2.75, 3.05) is 6.54 Å². The summed E-state index contributed by atoms with van der Waals surface area (Å²) in [7, 11) is -3.62. The van der Waals surface area contributed by atoms with Crippen LogP contribution in [0.15, 0.2) is 53.4 Å². The molecule has 0 heterocycles. The summed E-state index contributed by atoms with van der Waals surface area (Å²) in [5, 5.41) is 0.509. The van der Waals surface area contributed by atoms with Crippen LogP contribution in [-0.2, 0) is 16.4 Å². The van der Waals surface area contributed by atoms with E-state index in [2.05, 4.69) is 16.9 Å². The van der Waals surface area contributed by atoms with E-state index in [1.807, 2.05) is 18.2 Å². The second-order valence-electron chi connectivity index (χ2n) is 4.92. The van der Waals surface area contributed by atoms with Gasteiger partial charge in [0.05, 0.1) is 5.02 Å². The van der Waals surface area contributed by atoms with Crippen LogP contribution < -0.4 is 4.72 Å². The van der Waals surface area contributed by atoms with Gasteiger partial charge in [0.15, 0.2) is 0 Å². The summed E-state index contributed by atoms with van der Waals surface area (Å²) in [6, 6.07) is 14.5. The third kappa shape index (κ3) is 4.99. The first-order valence-corrected chi connectivity index (χ1v) is 9.21. The molecule has 0 fully saturated rings. The number of unbranched alkanes of at least 4 members (excludes halogenated alkanes) is 1. The van der Waals surface area contributed by atoms with Crippen molar-refractivity contribution >= 4 is 33.2 Å². The molecule has 6 heteroatoms. The van der Waals surface area contributed by atoms with E-state index in [0.29, 0.717) is 11.6 Å². The summed E-state index contributed by atoms with van der Waals surface area (Å²) in [5.74, 6) is 0. The maximum absolute atomic E-state index is 12.2. The Morgan fingerprint density at radius 3 is 2.41 bits per heavy atom. The zero-order valence-electron chi connectivity index (χ0n) is 11.9. The molecule has 2 aromatic rings. The molecule has 0 bridgehead atoms. The first kappa shape index (κ1) is 17.3. The van der Waals surface area contributed by atoms with Crippen LogP contribution in [0.2, 0.25) is 10.0 Å². The van der Waals surface area contributed by atoms with E-state index in [4.69, 9.17) is 23.2 Å². The minimum Gasteiger partial charge on any atom is -0.211 e. The van der Waals surface area contributed by atoms with Gasteiger partial charge in [0.1, 0.15) is 4.90 Å². The van der Waals surface area contributed by atoms with Crippen LogP contribution in [0.1, 0.15) is 18.4 Å². The van der Waals surface area contributed by atoms with Crippen molar-refractivity contribution in [3.05, 3.63) is 64.1 Å². The van der Waals surface area contributed by atoms with Crippen LogP contribution in [0.4, 0.5) is 0 Å². The molecule has 0 radical (unpaired) electrons. The summed E-state index contributed by atoms with van der Waals surface area (Å²) in [6.45, 7) is 0.373. The summed E-state index contributed by atoms with van der Waals surface area (Å²) < 4.78 is 26.9. The van der Waals surface area contributed by atoms with E-state index in [9.17, 15) is 8.42 Å². The molecule has 0 unspecified atom stereocenters. The highest BCUT2D eigenvalue weighted by Crippen LogP contribution is 2.24. The van der Waals surface area contributed by atoms with Gasteiger partial charge in [0.25, 0.3) is 0 Å². The van der Waals surface area contributed by atoms with Crippen molar-refractivity contribution in [2.24, 2.45) is 0 Å². The molecule has 0 aromatic heterocycles. The molecule has 0 aliphatic carbocycles. The zero-order chi connectivity index (χ0) is 16.0. The molecule has 0 spiro atoms. The van der Waals surface area contributed by atoms with Gasteiger partial charge in [0, 0.05) is 11.6 Å². The Morgan fingerprint density at radius 2 is 1.68 bits per heavy atom. The van der Waals surface area contributed by atoms with E-state index >= 15 is 0 Å². The topological polar surface area (TPSA) is 46.2 Å². The number of aryl methyl sites for hydroxylation is 1. The van der Waals surface area contributed by atoms with Gasteiger partial charge in [0.2, 0.25) is 10.0 Å². The molecule has 0 aliphatic rings. The highest BCUT2D eigenvalue weighted by Gasteiger charge is 2.17. The number of hydrogen-bond acceptors (Lipinski definition) is 2. The fraction of sp³-hybridized carbons (Fsp3) is 0.250. The van der Waals surface area contributed by atoms with Gasteiger partial charge in [-0.05, 0) is 43.0 Å². The van der Waals surface area contributed by atoms with Crippen LogP contribution >= 0.6 is 23.2 Å². The molecule has 118 valence electrons. The van der Waals surface area contributed by atoms with Gasteiger partial charge in [-0.1, -0.05) is 53.5 Å². The van der Waals surface area contributed by atoms with Gasteiger partial charge in [-0.15, -0.1) is 0 Å².